The van der Waals surface area contributed by atoms with Crippen LogP contribution in [-0.4, -0.2) is 18.1 Å². The largest absolute Gasteiger partial charge is 0.481 e. The van der Waals surface area contributed by atoms with E-state index in [2.05, 4.69) is 26.1 Å². The van der Waals surface area contributed by atoms with Gasteiger partial charge in [0, 0.05) is 6.04 Å². The molecule has 2 aliphatic carbocycles. The van der Waals surface area contributed by atoms with Crippen LogP contribution in [0.1, 0.15) is 52.5 Å². The summed E-state index contributed by atoms with van der Waals surface area (Å²) in [5.41, 5.74) is 1.65. The molecule has 4 atom stereocenters. The molecule has 0 saturated heterocycles. The van der Waals surface area contributed by atoms with Crippen LogP contribution >= 0.6 is 0 Å². The molecule has 0 aliphatic heterocycles. The van der Waals surface area contributed by atoms with Gasteiger partial charge in [-0.15, -0.1) is 0 Å². The molecule has 3 heteroatoms. The molecule has 2 bridgehead atoms. The summed E-state index contributed by atoms with van der Waals surface area (Å²) in [6.07, 6.45) is 3.14. The molecular formula is C20H29NO2. The average Bonchev–Trinajstić information content (AvgIpc) is 2.80. The zero-order valence-electron chi connectivity index (χ0n) is 15.0. The molecule has 126 valence electrons. The summed E-state index contributed by atoms with van der Waals surface area (Å²) < 4.78 is 5.82. The topological polar surface area (TPSA) is 38.3 Å². The van der Waals surface area contributed by atoms with Crippen LogP contribution in [0, 0.1) is 23.7 Å². The van der Waals surface area contributed by atoms with Crippen molar-refractivity contribution in [2.24, 2.45) is 16.7 Å². The summed E-state index contributed by atoms with van der Waals surface area (Å²) >= 11 is 0. The zero-order valence-corrected chi connectivity index (χ0v) is 15.0. The summed E-state index contributed by atoms with van der Waals surface area (Å²) in [4.78, 5) is 12.6. The maximum absolute atomic E-state index is 12.6. The summed E-state index contributed by atoms with van der Waals surface area (Å²) in [5, 5.41) is 3.28. The highest BCUT2D eigenvalue weighted by molar-refractivity contribution is 5.81. The van der Waals surface area contributed by atoms with Gasteiger partial charge in [0.15, 0.2) is 6.10 Å². The van der Waals surface area contributed by atoms with Gasteiger partial charge in [0.05, 0.1) is 0 Å². The Morgan fingerprint density at radius 1 is 1.35 bits per heavy atom. The highest BCUT2D eigenvalue weighted by Gasteiger charge is 2.61. The Balaban J connectivity index is 1.64. The Labute approximate surface area is 139 Å². The Bertz CT molecular complexity index is 609. The van der Waals surface area contributed by atoms with Crippen LogP contribution in [-0.2, 0) is 4.79 Å². The minimum Gasteiger partial charge on any atom is -0.481 e. The Hall–Kier alpha value is -1.51. The lowest BCUT2D eigenvalue weighted by Crippen LogP contribution is -2.50. The number of aryl methyl sites for hydroxylation is 1. The summed E-state index contributed by atoms with van der Waals surface area (Å²) in [6, 6.07) is 8.11. The highest BCUT2D eigenvalue weighted by atomic mass is 16.5. The molecule has 3 nitrogen and oxygen atoms in total. The van der Waals surface area contributed by atoms with Gasteiger partial charge in [-0.25, -0.2) is 0 Å². The second-order valence-corrected chi connectivity index (χ2v) is 8.25. The van der Waals surface area contributed by atoms with Gasteiger partial charge in [0.1, 0.15) is 5.75 Å². The second-order valence-electron chi connectivity index (χ2n) is 8.25. The molecule has 1 aromatic carbocycles. The van der Waals surface area contributed by atoms with Crippen LogP contribution in [0.2, 0.25) is 0 Å². The molecule has 3 rings (SSSR count). The van der Waals surface area contributed by atoms with E-state index in [9.17, 15) is 4.79 Å². The van der Waals surface area contributed by atoms with Gasteiger partial charge in [-0.1, -0.05) is 32.9 Å². The van der Waals surface area contributed by atoms with Crippen molar-refractivity contribution >= 4 is 5.91 Å². The smallest absolute Gasteiger partial charge is 0.261 e. The number of fused-ring (bicyclic) bond motifs is 2. The summed E-state index contributed by atoms with van der Waals surface area (Å²) in [7, 11) is 0. The first-order valence-electron chi connectivity index (χ1n) is 8.78. The van der Waals surface area contributed by atoms with Crippen molar-refractivity contribution in [3.63, 3.8) is 0 Å². The quantitative estimate of drug-likeness (QED) is 0.908. The van der Waals surface area contributed by atoms with E-state index < -0.39 is 6.10 Å². The number of ether oxygens (including phenoxy) is 1. The molecule has 0 aromatic heterocycles. The van der Waals surface area contributed by atoms with Crippen LogP contribution in [0.25, 0.3) is 0 Å². The van der Waals surface area contributed by atoms with E-state index in [0.717, 1.165) is 23.7 Å². The van der Waals surface area contributed by atoms with Gasteiger partial charge in [-0.05, 0) is 67.6 Å². The van der Waals surface area contributed by atoms with Crippen molar-refractivity contribution in [2.75, 3.05) is 0 Å². The number of carbonyl (C=O) groups excluding carboxylic acids is 1. The fraction of sp³-hybridized carbons (Fsp3) is 0.650. The number of hydrogen-bond donors (Lipinski definition) is 1. The van der Waals surface area contributed by atoms with Crippen LogP contribution in [0.15, 0.2) is 24.3 Å². The van der Waals surface area contributed by atoms with Crippen molar-refractivity contribution < 1.29 is 9.53 Å². The van der Waals surface area contributed by atoms with E-state index in [1.807, 2.05) is 38.1 Å². The minimum absolute atomic E-state index is 0.00100. The Morgan fingerprint density at radius 3 is 2.65 bits per heavy atom. The fourth-order valence-electron chi connectivity index (χ4n) is 4.66. The highest BCUT2D eigenvalue weighted by Crippen LogP contribution is 2.65. The molecule has 0 unspecified atom stereocenters. The number of carbonyl (C=O) groups is 1. The maximum Gasteiger partial charge on any atom is 0.261 e. The molecule has 0 heterocycles. The first-order chi connectivity index (χ1) is 10.7. The van der Waals surface area contributed by atoms with Crippen molar-refractivity contribution in [3.8, 4) is 5.75 Å². The first-order valence-corrected chi connectivity index (χ1v) is 8.78. The van der Waals surface area contributed by atoms with E-state index in [4.69, 9.17) is 4.74 Å². The van der Waals surface area contributed by atoms with Gasteiger partial charge in [-0.3, -0.25) is 4.79 Å². The van der Waals surface area contributed by atoms with Gasteiger partial charge >= 0.3 is 0 Å². The molecule has 1 aromatic rings. The SMILES string of the molecule is Cc1cccc(O[C@H](C)C(=O)N[C@H]2C[C@@H]3CC[C@@]2(C)C3(C)C)c1. The Morgan fingerprint density at radius 2 is 2.09 bits per heavy atom. The third-order valence-corrected chi connectivity index (χ3v) is 6.78. The Kier molecular flexibility index (Phi) is 3.94. The average molecular weight is 315 g/mol. The number of hydrogen-bond acceptors (Lipinski definition) is 2. The summed E-state index contributed by atoms with van der Waals surface area (Å²) in [5.74, 6) is 1.49. The molecule has 2 saturated carbocycles. The van der Waals surface area contributed by atoms with Crippen LogP contribution in [0.3, 0.4) is 0 Å². The molecule has 0 radical (unpaired) electrons. The lowest BCUT2D eigenvalue weighted by atomic mass is 9.69. The predicted octanol–water partition coefficient (Wildman–Crippen LogP) is 4.09. The normalized spacial score (nSPS) is 32.6. The lowest BCUT2D eigenvalue weighted by molar-refractivity contribution is -0.129. The van der Waals surface area contributed by atoms with Crippen LogP contribution < -0.4 is 10.1 Å². The molecule has 1 N–H and O–H groups in total. The van der Waals surface area contributed by atoms with Crippen molar-refractivity contribution in [1.82, 2.24) is 5.32 Å². The molecule has 0 spiro atoms. The maximum atomic E-state index is 12.6. The standard InChI is InChI=1S/C20H29NO2/c1-13-7-6-8-16(11-13)23-14(2)18(22)21-17-12-15-9-10-20(17,5)19(15,3)4/h6-8,11,14-15,17H,9-10,12H2,1-5H3,(H,21,22)/t14-,15+,17+,20-/m1/s1. The van der Waals surface area contributed by atoms with Crippen LogP contribution in [0.4, 0.5) is 0 Å². The minimum atomic E-state index is -0.470. The molecule has 2 aliphatic rings. The number of nitrogens with one attached hydrogen (secondary N) is 1. The second kappa shape index (κ2) is 5.54. The zero-order chi connectivity index (χ0) is 16.8. The van der Waals surface area contributed by atoms with E-state index in [-0.39, 0.29) is 17.4 Å². The van der Waals surface area contributed by atoms with E-state index in [1.54, 1.807) is 0 Å². The number of amides is 1. The predicted molar refractivity (Wildman–Crippen MR) is 92.4 cm³/mol. The van der Waals surface area contributed by atoms with E-state index in [0.29, 0.717) is 5.41 Å². The lowest BCUT2D eigenvalue weighted by Gasteiger charge is -2.39. The number of benzene rings is 1. The van der Waals surface area contributed by atoms with Gasteiger partial charge in [0.2, 0.25) is 0 Å². The van der Waals surface area contributed by atoms with Crippen molar-refractivity contribution in [2.45, 2.75) is 66.0 Å². The van der Waals surface area contributed by atoms with E-state index >= 15 is 0 Å². The monoisotopic (exact) mass is 315 g/mol. The van der Waals surface area contributed by atoms with E-state index in [1.165, 1.54) is 12.8 Å². The van der Waals surface area contributed by atoms with Gasteiger partial charge in [-0.2, -0.15) is 0 Å². The molecule has 23 heavy (non-hydrogen) atoms. The molecular weight excluding hydrogens is 286 g/mol. The third-order valence-electron chi connectivity index (χ3n) is 6.78. The first kappa shape index (κ1) is 16.4. The van der Waals surface area contributed by atoms with Gasteiger partial charge < -0.3 is 10.1 Å². The van der Waals surface area contributed by atoms with Gasteiger partial charge in [0.25, 0.3) is 5.91 Å². The van der Waals surface area contributed by atoms with Crippen LogP contribution in [0.5, 0.6) is 5.75 Å². The van der Waals surface area contributed by atoms with Crippen molar-refractivity contribution in [3.05, 3.63) is 29.8 Å². The third kappa shape index (κ3) is 2.64. The number of rotatable bonds is 4. The molecule has 2 fully saturated rings. The van der Waals surface area contributed by atoms with Crippen molar-refractivity contribution in [1.29, 1.82) is 0 Å². The molecule has 1 amide bonds. The summed E-state index contributed by atoms with van der Waals surface area (Å²) in [6.45, 7) is 10.9. The fourth-order valence-corrected chi connectivity index (χ4v) is 4.66.